The summed E-state index contributed by atoms with van der Waals surface area (Å²) in [5.41, 5.74) is 1.17. The van der Waals surface area contributed by atoms with Crippen molar-refractivity contribution in [2.24, 2.45) is 0 Å². The molecular weight excluding hydrogens is 218 g/mol. The summed E-state index contributed by atoms with van der Waals surface area (Å²) in [4.78, 5) is 0. The minimum absolute atomic E-state index is 0.234. The second kappa shape index (κ2) is 6.19. The molecule has 1 aromatic heterocycles. The van der Waals surface area contributed by atoms with Crippen LogP contribution in [0.25, 0.3) is 0 Å². The first-order chi connectivity index (χ1) is 8.24. The lowest BCUT2D eigenvalue weighted by molar-refractivity contribution is 0.0235. The van der Waals surface area contributed by atoms with Gasteiger partial charge in [0.15, 0.2) is 0 Å². The molecule has 1 aliphatic rings. The average molecular weight is 239 g/mol. The lowest BCUT2D eigenvalue weighted by atomic mass is 10.3. The highest BCUT2D eigenvalue weighted by atomic mass is 16.5. The third-order valence-corrected chi connectivity index (χ3v) is 2.77. The van der Waals surface area contributed by atoms with E-state index in [-0.39, 0.29) is 6.10 Å². The van der Waals surface area contributed by atoms with Crippen molar-refractivity contribution in [3.63, 3.8) is 0 Å². The molecule has 96 valence electrons. The second-order valence-corrected chi connectivity index (χ2v) is 4.75. The number of nitrogens with one attached hydrogen (secondary N) is 1. The van der Waals surface area contributed by atoms with Crippen LogP contribution in [-0.4, -0.2) is 25.4 Å². The van der Waals surface area contributed by atoms with Crippen LogP contribution in [0.3, 0.4) is 0 Å². The van der Waals surface area contributed by atoms with Crippen LogP contribution in [0.5, 0.6) is 0 Å². The molecule has 1 unspecified atom stereocenters. The maximum Gasteiger partial charge on any atom is 0.129 e. The highest BCUT2D eigenvalue weighted by Crippen LogP contribution is 2.14. The Labute approximate surface area is 102 Å². The number of furan rings is 1. The summed E-state index contributed by atoms with van der Waals surface area (Å²) in [6.07, 6.45) is 3.01. The highest BCUT2D eigenvalue weighted by Gasteiger charge is 2.16. The van der Waals surface area contributed by atoms with E-state index in [1.807, 2.05) is 6.07 Å². The summed E-state index contributed by atoms with van der Waals surface area (Å²) in [5.74, 6) is 0.887. The zero-order chi connectivity index (χ0) is 12.1. The van der Waals surface area contributed by atoms with E-state index in [0.29, 0.717) is 19.3 Å². The molecule has 4 heteroatoms. The minimum Gasteiger partial charge on any atom is -0.467 e. The molecule has 4 nitrogen and oxygen atoms in total. The van der Waals surface area contributed by atoms with E-state index in [1.165, 1.54) is 5.56 Å². The molecule has 0 aliphatic carbocycles. The van der Waals surface area contributed by atoms with Gasteiger partial charge in [0.1, 0.15) is 12.4 Å². The third kappa shape index (κ3) is 4.15. The summed E-state index contributed by atoms with van der Waals surface area (Å²) in [6, 6.07) is 2.53. The SMILES string of the molecule is CC(C)NCc1coc(COC2CCOC2)c1. The molecule has 1 atom stereocenters. The molecule has 1 aromatic rings. The Bertz CT molecular complexity index is 329. The maximum absolute atomic E-state index is 5.69. The largest absolute Gasteiger partial charge is 0.467 e. The Morgan fingerprint density at radius 3 is 3.12 bits per heavy atom. The fraction of sp³-hybridized carbons (Fsp3) is 0.692. The van der Waals surface area contributed by atoms with E-state index in [2.05, 4.69) is 19.2 Å². The van der Waals surface area contributed by atoms with Crippen LogP contribution in [0.4, 0.5) is 0 Å². The second-order valence-electron chi connectivity index (χ2n) is 4.75. The Kier molecular flexibility index (Phi) is 4.59. The minimum atomic E-state index is 0.234. The number of ether oxygens (including phenoxy) is 2. The van der Waals surface area contributed by atoms with Crippen LogP contribution in [-0.2, 0) is 22.6 Å². The predicted molar refractivity (Wildman–Crippen MR) is 64.7 cm³/mol. The first-order valence-electron chi connectivity index (χ1n) is 6.23. The van der Waals surface area contributed by atoms with Gasteiger partial charge in [0.25, 0.3) is 0 Å². The lowest BCUT2D eigenvalue weighted by Gasteiger charge is -2.07. The van der Waals surface area contributed by atoms with E-state index < -0.39 is 0 Å². The molecule has 17 heavy (non-hydrogen) atoms. The molecule has 0 amide bonds. The molecular formula is C13H21NO3. The van der Waals surface area contributed by atoms with Crippen LogP contribution < -0.4 is 5.32 Å². The smallest absolute Gasteiger partial charge is 0.129 e. The topological polar surface area (TPSA) is 43.6 Å². The predicted octanol–water partition coefficient (Wildman–Crippen LogP) is 2.08. The monoisotopic (exact) mass is 239 g/mol. The molecule has 0 saturated carbocycles. The standard InChI is InChI=1S/C13H21NO3/c1-10(2)14-6-11-5-13(16-7-11)9-17-12-3-4-15-8-12/h5,7,10,12,14H,3-4,6,8-9H2,1-2H3. The zero-order valence-electron chi connectivity index (χ0n) is 10.6. The molecule has 2 rings (SSSR count). The van der Waals surface area contributed by atoms with Gasteiger partial charge in [-0.1, -0.05) is 13.8 Å². The van der Waals surface area contributed by atoms with E-state index >= 15 is 0 Å². The maximum atomic E-state index is 5.69. The molecule has 0 spiro atoms. The van der Waals surface area contributed by atoms with E-state index in [4.69, 9.17) is 13.9 Å². The number of hydrogen-bond acceptors (Lipinski definition) is 4. The van der Waals surface area contributed by atoms with Gasteiger partial charge in [0.2, 0.25) is 0 Å². The van der Waals surface area contributed by atoms with Crippen molar-refractivity contribution in [3.8, 4) is 0 Å². The van der Waals surface area contributed by atoms with Crippen LogP contribution in [0.2, 0.25) is 0 Å². The van der Waals surface area contributed by atoms with Gasteiger partial charge in [-0.15, -0.1) is 0 Å². The third-order valence-electron chi connectivity index (χ3n) is 2.77. The Hall–Kier alpha value is -0.840. The quantitative estimate of drug-likeness (QED) is 0.825. The van der Waals surface area contributed by atoms with Crippen molar-refractivity contribution in [2.45, 2.75) is 45.6 Å². The van der Waals surface area contributed by atoms with Gasteiger partial charge in [-0.2, -0.15) is 0 Å². The molecule has 1 fully saturated rings. The van der Waals surface area contributed by atoms with Gasteiger partial charge in [0, 0.05) is 24.8 Å². The molecule has 1 aliphatic heterocycles. The van der Waals surface area contributed by atoms with Gasteiger partial charge >= 0.3 is 0 Å². The lowest BCUT2D eigenvalue weighted by Crippen LogP contribution is -2.21. The first kappa shape index (κ1) is 12.6. The van der Waals surface area contributed by atoms with Crippen LogP contribution in [0.1, 0.15) is 31.6 Å². The van der Waals surface area contributed by atoms with Crippen molar-refractivity contribution >= 4 is 0 Å². The fourth-order valence-corrected chi connectivity index (χ4v) is 1.76. The molecule has 0 radical (unpaired) electrons. The van der Waals surface area contributed by atoms with Crippen LogP contribution in [0.15, 0.2) is 16.7 Å². The average Bonchev–Trinajstić information content (AvgIpc) is 2.95. The molecule has 1 N–H and O–H groups in total. The zero-order valence-corrected chi connectivity index (χ0v) is 10.6. The van der Waals surface area contributed by atoms with Gasteiger partial charge in [0.05, 0.1) is 19.0 Å². The van der Waals surface area contributed by atoms with Gasteiger partial charge < -0.3 is 19.2 Å². The van der Waals surface area contributed by atoms with Gasteiger partial charge in [-0.25, -0.2) is 0 Å². The van der Waals surface area contributed by atoms with E-state index in [9.17, 15) is 0 Å². The fourth-order valence-electron chi connectivity index (χ4n) is 1.76. The Morgan fingerprint density at radius 2 is 2.41 bits per heavy atom. The molecule has 0 bridgehead atoms. The number of rotatable bonds is 6. The first-order valence-corrected chi connectivity index (χ1v) is 6.23. The van der Waals surface area contributed by atoms with Crippen molar-refractivity contribution < 1.29 is 13.9 Å². The van der Waals surface area contributed by atoms with E-state index in [1.54, 1.807) is 6.26 Å². The Morgan fingerprint density at radius 1 is 1.53 bits per heavy atom. The van der Waals surface area contributed by atoms with Crippen LogP contribution in [0, 0.1) is 0 Å². The van der Waals surface area contributed by atoms with Gasteiger partial charge in [-0.3, -0.25) is 0 Å². The summed E-state index contributed by atoms with van der Waals surface area (Å²) in [7, 11) is 0. The van der Waals surface area contributed by atoms with Crippen LogP contribution >= 0.6 is 0 Å². The molecule has 0 aromatic carbocycles. The summed E-state index contributed by atoms with van der Waals surface area (Å²) in [5, 5.41) is 3.35. The highest BCUT2D eigenvalue weighted by molar-refractivity contribution is 5.12. The summed E-state index contributed by atoms with van der Waals surface area (Å²) >= 11 is 0. The normalized spacial score (nSPS) is 20.3. The van der Waals surface area contributed by atoms with E-state index in [0.717, 1.165) is 25.3 Å². The Balaban J connectivity index is 1.73. The van der Waals surface area contributed by atoms with Gasteiger partial charge in [-0.05, 0) is 12.5 Å². The molecule has 1 saturated heterocycles. The van der Waals surface area contributed by atoms with Crippen molar-refractivity contribution in [1.29, 1.82) is 0 Å². The van der Waals surface area contributed by atoms with Crippen molar-refractivity contribution in [3.05, 3.63) is 23.7 Å². The van der Waals surface area contributed by atoms with Crippen molar-refractivity contribution in [2.75, 3.05) is 13.2 Å². The summed E-state index contributed by atoms with van der Waals surface area (Å²) in [6.45, 7) is 7.16. The molecule has 2 heterocycles. The van der Waals surface area contributed by atoms with Crippen molar-refractivity contribution in [1.82, 2.24) is 5.32 Å². The summed E-state index contributed by atoms with van der Waals surface area (Å²) < 4.78 is 16.4. The number of hydrogen-bond donors (Lipinski definition) is 1.